The van der Waals surface area contributed by atoms with Crippen LogP contribution in [0.1, 0.15) is 1.43 Å². The molecule has 6 heavy (non-hydrogen) atoms. The summed E-state index contributed by atoms with van der Waals surface area (Å²) in [7, 11) is 1.35. The van der Waals surface area contributed by atoms with Crippen molar-refractivity contribution in [3.8, 4) is 0 Å². The Hall–Kier alpha value is 0.906. The molecule has 0 fully saturated rings. The summed E-state index contributed by atoms with van der Waals surface area (Å²) < 4.78 is 0. The van der Waals surface area contributed by atoms with E-state index in [2.05, 4.69) is 0 Å². The molecule has 0 radical (unpaired) electrons. The van der Waals surface area contributed by atoms with Gasteiger partial charge in [0.2, 0.25) is 0 Å². The summed E-state index contributed by atoms with van der Waals surface area (Å²) >= 11 is 0. The van der Waals surface area contributed by atoms with Gasteiger partial charge in [0.25, 0.3) is 0 Å². The number of hydrogen-bond acceptors (Lipinski definition) is 1. The standard InChI is InChI=1S/C2H5NO2.K.H/c1-3-2(4)5;;/h3H,1H3,(H,4,5);;/q;+1;-1. The number of nitrogens with one attached hydrogen (secondary N) is 1. The van der Waals surface area contributed by atoms with Gasteiger partial charge < -0.3 is 11.8 Å². The van der Waals surface area contributed by atoms with Gasteiger partial charge in [-0.1, -0.05) is 0 Å². The Kier molecular flexibility index (Phi) is 9.85. The molecule has 0 heterocycles. The van der Waals surface area contributed by atoms with E-state index in [1.807, 2.05) is 5.32 Å². The molecule has 4 heteroatoms. The molecule has 0 bridgehead atoms. The zero-order chi connectivity index (χ0) is 4.28. The Morgan fingerprint density at radius 2 is 2.17 bits per heavy atom. The molecular weight excluding hydrogens is 109 g/mol. The third kappa shape index (κ3) is 8.86. The smallest absolute Gasteiger partial charge is 1.00 e. The van der Waals surface area contributed by atoms with E-state index in [1.165, 1.54) is 7.05 Å². The first kappa shape index (κ1) is 10.0. The van der Waals surface area contributed by atoms with Gasteiger partial charge in [0.1, 0.15) is 0 Å². The molecule has 0 aliphatic carbocycles. The maximum absolute atomic E-state index is 9.26. The van der Waals surface area contributed by atoms with E-state index in [0.717, 1.165) is 0 Å². The van der Waals surface area contributed by atoms with Crippen molar-refractivity contribution in [2.75, 3.05) is 7.05 Å². The molecule has 0 saturated carbocycles. The van der Waals surface area contributed by atoms with Gasteiger partial charge in [-0.2, -0.15) is 0 Å². The van der Waals surface area contributed by atoms with Gasteiger partial charge in [-0.25, -0.2) is 4.79 Å². The quantitative estimate of drug-likeness (QED) is 0.331. The van der Waals surface area contributed by atoms with E-state index in [1.54, 1.807) is 0 Å². The summed E-state index contributed by atoms with van der Waals surface area (Å²) in [6, 6.07) is 0. The topological polar surface area (TPSA) is 49.3 Å². The summed E-state index contributed by atoms with van der Waals surface area (Å²) in [5, 5.41) is 9.56. The van der Waals surface area contributed by atoms with Gasteiger partial charge in [0.05, 0.1) is 0 Å². The summed E-state index contributed by atoms with van der Waals surface area (Å²) in [4.78, 5) is 9.26. The van der Waals surface area contributed by atoms with E-state index in [0.29, 0.717) is 0 Å². The van der Waals surface area contributed by atoms with E-state index in [9.17, 15) is 4.79 Å². The van der Waals surface area contributed by atoms with Crippen LogP contribution in [-0.2, 0) is 0 Å². The molecule has 32 valence electrons. The molecule has 0 rings (SSSR count). The molecule has 0 aliphatic rings. The number of carbonyl (C=O) groups is 1. The van der Waals surface area contributed by atoms with E-state index < -0.39 is 6.09 Å². The van der Waals surface area contributed by atoms with Gasteiger partial charge in [0, 0.05) is 7.05 Å². The van der Waals surface area contributed by atoms with Gasteiger partial charge in [-0.15, -0.1) is 0 Å². The number of carboxylic acid groups (broad SMARTS) is 1. The fourth-order valence-corrected chi connectivity index (χ4v) is 0. The number of rotatable bonds is 0. The molecule has 0 saturated heterocycles. The van der Waals surface area contributed by atoms with E-state index in [4.69, 9.17) is 5.11 Å². The Labute approximate surface area is 80.0 Å². The SMILES string of the molecule is CNC(=O)O.[H-].[K+]. The minimum Gasteiger partial charge on any atom is -1.00 e. The van der Waals surface area contributed by atoms with Crippen LogP contribution in [0.15, 0.2) is 0 Å². The molecule has 0 aromatic rings. The predicted octanol–water partition coefficient (Wildman–Crippen LogP) is -3.00. The minimum absolute atomic E-state index is 0. The van der Waals surface area contributed by atoms with Crippen LogP contribution < -0.4 is 56.7 Å². The van der Waals surface area contributed by atoms with Crippen LogP contribution in [0, 0.1) is 0 Å². The largest absolute Gasteiger partial charge is 1.00 e. The van der Waals surface area contributed by atoms with Crippen molar-refractivity contribution >= 4 is 6.09 Å². The normalized spacial score (nSPS) is 5.50. The second-order valence-corrected chi connectivity index (χ2v) is 0.555. The Morgan fingerprint density at radius 1 is 2.00 bits per heavy atom. The van der Waals surface area contributed by atoms with E-state index >= 15 is 0 Å². The van der Waals surface area contributed by atoms with Crippen molar-refractivity contribution in [2.24, 2.45) is 0 Å². The van der Waals surface area contributed by atoms with Gasteiger partial charge in [0.15, 0.2) is 0 Å². The summed E-state index contributed by atoms with van der Waals surface area (Å²) in [5.74, 6) is 0. The van der Waals surface area contributed by atoms with Crippen LogP contribution in [0.25, 0.3) is 0 Å². The summed E-state index contributed by atoms with van der Waals surface area (Å²) in [6.45, 7) is 0. The van der Waals surface area contributed by atoms with Crippen molar-refractivity contribution in [3.05, 3.63) is 0 Å². The zero-order valence-corrected chi connectivity index (χ0v) is 6.98. The number of hydrogen-bond donors (Lipinski definition) is 2. The molecular formula is C2H6KNO2. The molecule has 1 amide bonds. The minimum atomic E-state index is -0.995. The fourth-order valence-electron chi connectivity index (χ4n) is 0. The average Bonchev–Trinajstić information content (AvgIpc) is 1.38. The van der Waals surface area contributed by atoms with Crippen molar-refractivity contribution in [1.29, 1.82) is 0 Å². The fraction of sp³-hybridized carbons (Fsp3) is 0.500. The molecule has 0 atom stereocenters. The third-order valence-corrected chi connectivity index (χ3v) is 0.214. The second-order valence-electron chi connectivity index (χ2n) is 0.555. The van der Waals surface area contributed by atoms with Crippen LogP contribution in [-0.4, -0.2) is 18.2 Å². The maximum atomic E-state index is 9.26. The first-order valence-corrected chi connectivity index (χ1v) is 1.18. The summed E-state index contributed by atoms with van der Waals surface area (Å²) in [6.07, 6.45) is -0.995. The molecule has 0 aromatic heterocycles. The molecule has 0 aromatic carbocycles. The monoisotopic (exact) mass is 115 g/mol. The van der Waals surface area contributed by atoms with E-state index in [-0.39, 0.29) is 52.8 Å². The Morgan fingerprint density at radius 3 is 2.17 bits per heavy atom. The van der Waals surface area contributed by atoms with Gasteiger partial charge in [-0.3, -0.25) is 0 Å². The van der Waals surface area contributed by atoms with Gasteiger partial charge in [-0.05, 0) is 0 Å². The first-order valence-electron chi connectivity index (χ1n) is 1.18. The Bertz CT molecular complexity index is 51.0. The van der Waals surface area contributed by atoms with Crippen LogP contribution in [0.3, 0.4) is 0 Å². The van der Waals surface area contributed by atoms with Crippen molar-refractivity contribution in [3.63, 3.8) is 0 Å². The molecule has 0 unspecified atom stereocenters. The summed E-state index contributed by atoms with van der Waals surface area (Å²) in [5.41, 5.74) is 0. The molecule has 0 spiro atoms. The average molecular weight is 115 g/mol. The zero-order valence-electron chi connectivity index (χ0n) is 4.86. The number of amides is 1. The van der Waals surface area contributed by atoms with Crippen molar-refractivity contribution in [2.45, 2.75) is 0 Å². The molecule has 0 aliphatic heterocycles. The van der Waals surface area contributed by atoms with Crippen LogP contribution in [0.4, 0.5) is 4.79 Å². The molecule has 3 nitrogen and oxygen atoms in total. The first-order chi connectivity index (χ1) is 2.27. The molecule has 2 N–H and O–H groups in total. The second kappa shape index (κ2) is 5.91. The van der Waals surface area contributed by atoms with Crippen LogP contribution >= 0.6 is 0 Å². The maximum Gasteiger partial charge on any atom is 1.00 e. The van der Waals surface area contributed by atoms with Crippen molar-refractivity contribution < 1.29 is 62.7 Å². The Balaban J connectivity index is -0.0000000800. The van der Waals surface area contributed by atoms with Gasteiger partial charge >= 0.3 is 57.5 Å². The third-order valence-electron chi connectivity index (χ3n) is 0.214. The van der Waals surface area contributed by atoms with Crippen molar-refractivity contribution in [1.82, 2.24) is 5.32 Å². The van der Waals surface area contributed by atoms with Crippen LogP contribution in [0.2, 0.25) is 0 Å². The predicted molar refractivity (Wildman–Crippen MR) is 18.2 cm³/mol. The van der Waals surface area contributed by atoms with Crippen LogP contribution in [0.5, 0.6) is 0 Å².